The molecule has 108 valence electrons. The lowest BCUT2D eigenvalue weighted by Crippen LogP contribution is -2.37. The van der Waals surface area contributed by atoms with Gasteiger partial charge in [-0.2, -0.15) is 11.8 Å². The predicted octanol–water partition coefficient (Wildman–Crippen LogP) is 5.78. The quantitative estimate of drug-likeness (QED) is 0.613. The Kier molecular flexibility index (Phi) is 7.44. The van der Waals surface area contributed by atoms with Gasteiger partial charge in [0.1, 0.15) is 0 Å². The molecule has 19 heavy (non-hydrogen) atoms. The Morgan fingerprint density at radius 3 is 2.37 bits per heavy atom. The van der Waals surface area contributed by atoms with Crippen molar-refractivity contribution in [3.8, 4) is 0 Å². The van der Waals surface area contributed by atoms with Gasteiger partial charge in [0.05, 0.1) is 0 Å². The van der Waals surface area contributed by atoms with E-state index in [0.29, 0.717) is 10.8 Å². The minimum Gasteiger partial charge on any atom is -0.309 e. The van der Waals surface area contributed by atoms with E-state index in [0.717, 1.165) is 15.5 Å². The third-order valence-electron chi connectivity index (χ3n) is 3.88. The monoisotopic (exact) mass is 407 g/mol. The van der Waals surface area contributed by atoms with Gasteiger partial charge >= 0.3 is 0 Å². The number of benzene rings is 1. The Morgan fingerprint density at radius 2 is 1.89 bits per heavy atom. The molecule has 0 fully saturated rings. The number of rotatable bonds is 7. The van der Waals surface area contributed by atoms with Crippen LogP contribution < -0.4 is 5.32 Å². The average Bonchev–Trinajstić information content (AvgIpc) is 2.40. The highest BCUT2D eigenvalue weighted by Crippen LogP contribution is 2.31. The molecule has 1 atom stereocenters. The lowest BCUT2D eigenvalue weighted by atomic mass is 10.0. The maximum Gasteiger partial charge on any atom is 0.0303 e. The molecule has 1 rings (SSSR count). The van der Waals surface area contributed by atoms with Crippen molar-refractivity contribution in [3.63, 3.8) is 0 Å². The standard InChI is InChI=1S/C15H23Br2NS/c1-5-15(6-2,19-4)10-18-11(3)13-8-7-12(16)9-14(13)17/h7-9,11,18H,5-6,10H2,1-4H3. The lowest BCUT2D eigenvalue weighted by molar-refractivity contribution is 0.459. The number of hydrogen-bond donors (Lipinski definition) is 1. The molecule has 0 aliphatic carbocycles. The zero-order chi connectivity index (χ0) is 14.5. The van der Waals surface area contributed by atoms with E-state index in [1.807, 2.05) is 11.8 Å². The molecule has 0 aromatic heterocycles. The van der Waals surface area contributed by atoms with E-state index in [9.17, 15) is 0 Å². The number of thioether (sulfide) groups is 1. The Morgan fingerprint density at radius 1 is 1.26 bits per heavy atom. The molecule has 1 nitrogen and oxygen atoms in total. The van der Waals surface area contributed by atoms with Gasteiger partial charge in [0.25, 0.3) is 0 Å². The Labute approximate surface area is 138 Å². The Bertz CT molecular complexity index is 397. The summed E-state index contributed by atoms with van der Waals surface area (Å²) in [5.41, 5.74) is 1.31. The van der Waals surface area contributed by atoms with Crippen LogP contribution in [0.4, 0.5) is 0 Å². The summed E-state index contributed by atoms with van der Waals surface area (Å²) in [6, 6.07) is 6.73. The molecule has 1 aromatic rings. The molecule has 1 unspecified atom stereocenters. The fourth-order valence-corrected chi connectivity index (χ4v) is 4.36. The van der Waals surface area contributed by atoms with Crippen LogP contribution in [-0.4, -0.2) is 17.5 Å². The van der Waals surface area contributed by atoms with Crippen LogP contribution in [-0.2, 0) is 0 Å². The highest BCUT2D eigenvalue weighted by atomic mass is 79.9. The first-order chi connectivity index (χ1) is 8.98. The summed E-state index contributed by atoms with van der Waals surface area (Å²) in [6.07, 6.45) is 4.62. The van der Waals surface area contributed by atoms with E-state index >= 15 is 0 Å². The molecule has 0 saturated carbocycles. The van der Waals surface area contributed by atoms with E-state index in [1.54, 1.807) is 0 Å². The highest BCUT2D eigenvalue weighted by molar-refractivity contribution is 9.11. The first kappa shape index (κ1) is 17.5. The number of hydrogen-bond acceptors (Lipinski definition) is 2. The van der Waals surface area contributed by atoms with E-state index in [-0.39, 0.29) is 0 Å². The van der Waals surface area contributed by atoms with E-state index in [1.165, 1.54) is 18.4 Å². The van der Waals surface area contributed by atoms with Gasteiger partial charge in [0.2, 0.25) is 0 Å². The third kappa shape index (κ3) is 4.76. The van der Waals surface area contributed by atoms with Gasteiger partial charge in [-0.25, -0.2) is 0 Å². The molecule has 1 N–H and O–H groups in total. The Hall–Kier alpha value is 0.490. The average molecular weight is 409 g/mol. The van der Waals surface area contributed by atoms with Crippen LogP contribution in [0.1, 0.15) is 45.2 Å². The van der Waals surface area contributed by atoms with Crippen molar-refractivity contribution >= 4 is 43.6 Å². The summed E-state index contributed by atoms with van der Waals surface area (Å²) in [4.78, 5) is 0. The minimum absolute atomic E-state index is 0.354. The molecular formula is C15H23Br2NS. The van der Waals surface area contributed by atoms with Crippen molar-refractivity contribution in [2.24, 2.45) is 0 Å². The SMILES string of the molecule is CCC(CC)(CNC(C)c1ccc(Br)cc1Br)SC. The van der Waals surface area contributed by atoms with Gasteiger partial charge in [-0.05, 0) is 43.7 Å². The van der Waals surface area contributed by atoms with E-state index in [4.69, 9.17) is 0 Å². The minimum atomic E-state index is 0.354. The van der Waals surface area contributed by atoms with Crippen LogP contribution in [0.25, 0.3) is 0 Å². The molecule has 1 aromatic carbocycles. The summed E-state index contributed by atoms with van der Waals surface area (Å²) >= 11 is 9.12. The summed E-state index contributed by atoms with van der Waals surface area (Å²) < 4.78 is 2.62. The normalized spacial score (nSPS) is 13.6. The smallest absolute Gasteiger partial charge is 0.0303 e. The van der Waals surface area contributed by atoms with Crippen molar-refractivity contribution in [3.05, 3.63) is 32.7 Å². The molecule has 4 heteroatoms. The topological polar surface area (TPSA) is 12.0 Å². The van der Waals surface area contributed by atoms with Gasteiger partial charge in [0.15, 0.2) is 0 Å². The maximum atomic E-state index is 3.69. The van der Waals surface area contributed by atoms with Crippen molar-refractivity contribution in [2.45, 2.75) is 44.4 Å². The van der Waals surface area contributed by atoms with Crippen LogP contribution in [0.5, 0.6) is 0 Å². The predicted molar refractivity (Wildman–Crippen MR) is 95.1 cm³/mol. The van der Waals surface area contributed by atoms with Gasteiger partial charge in [-0.1, -0.05) is 51.8 Å². The van der Waals surface area contributed by atoms with Crippen LogP contribution in [0.2, 0.25) is 0 Å². The first-order valence-electron chi connectivity index (χ1n) is 6.71. The van der Waals surface area contributed by atoms with Gasteiger partial charge in [-0.3, -0.25) is 0 Å². The molecule has 0 saturated heterocycles. The van der Waals surface area contributed by atoms with E-state index in [2.05, 4.69) is 82.4 Å². The zero-order valence-corrected chi connectivity index (χ0v) is 16.1. The van der Waals surface area contributed by atoms with Gasteiger partial charge in [-0.15, -0.1) is 0 Å². The molecule has 0 bridgehead atoms. The zero-order valence-electron chi connectivity index (χ0n) is 12.1. The van der Waals surface area contributed by atoms with Gasteiger partial charge in [0, 0.05) is 26.3 Å². The summed E-state index contributed by atoms with van der Waals surface area (Å²) in [5, 5.41) is 3.69. The summed E-state index contributed by atoms with van der Waals surface area (Å²) in [7, 11) is 0. The van der Waals surface area contributed by atoms with Crippen molar-refractivity contribution in [2.75, 3.05) is 12.8 Å². The molecular weight excluding hydrogens is 386 g/mol. The fourth-order valence-electron chi connectivity index (χ4n) is 2.16. The van der Waals surface area contributed by atoms with Crippen LogP contribution in [0.3, 0.4) is 0 Å². The second-order valence-electron chi connectivity index (χ2n) is 4.86. The van der Waals surface area contributed by atoms with Crippen molar-refractivity contribution in [1.82, 2.24) is 5.32 Å². The largest absolute Gasteiger partial charge is 0.309 e. The fraction of sp³-hybridized carbons (Fsp3) is 0.600. The second-order valence-corrected chi connectivity index (χ2v) is 7.91. The summed E-state index contributed by atoms with van der Waals surface area (Å²) in [6.45, 7) is 7.83. The molecule has 0 spiro atoms. The summed E-state index contributed by atoms with van der Waals surface area (Å²) in [5.74, 6) is 0. The van der Waals surface area contributed by atoms with E-state index < -0.39 is 0 Å². The molecule has 0 heterocycles. The van der Waals surface area contributed by atoms with Crippen LogP contribution in [0.15, 0.2) is 27.1 Å². The molecule has 0 radical (unpaired) electrons. The molecule has 0 aliphatic heterocycles. The lowest BCUT2D eigenvalue weighted by Gasteiger charge is -2.31. The van der Waals surface area contributed by atoms with Gasteiger partial charge < -0.3 is 5.32 Å². The van der Waals surface area contributed by atoms with Crippen LogP contribution in [0, 0.1) is 0 Å². The third-order valence-corrected chi connectivity index (χ3v) is 6.65. The number of halogens is 2. The van der Waals surface area contributed by atoms with Crippen molar-refractivity contribution in [1.29, 1.82) is 0 Å². The second kappa shape index (κ2) is 8.06. The first-order valence-corrected chi connectivity index (χ1v) is 9.52. The maximum absolute atomic E-state index is 3.69. The number of nitrogens with one attached hydrogen (secondary N) is 1. The molecule has 0 amide bonds. The van der Waals surface area contributed by atoms with Crippen LogP contribution >= 0.6 is 43.6 Å². The highest BCUT2D eigenvalue weighted by Gasteiger charge is 2.25. The van der Waals surface area contributed by atoms with Crippen molar-refractivity contribution < 1.29 is 0 Å². The molecule has 0 aliphatic rings. The Balaban J connectivity index is 2.72.